The molecule has 0 bridgehead atoms. The highest BCUT2D eigenvalue weighted by molar-refractivity contribution is 6.75. The fourth-order valence-corrected chi connectivity index (χ4v) is 6.13. The highest BCUT2D eigenvalue weighted by atomic mass is 28.4. The molecule has 0 amide bonds. The normalized spacial score (nSPS) is 24.3. The van der Waals surface area contributed by atoms with Gasteiger partial charge in [0.25, 0.3) is 0 Å². The van der Waals surface area contributed by atoms with Crippen LogP contribution in [0.5, 0.6) is 0 Å². The van der Waals surface area contributed by atoms with E-state index in [1.54, 1.807) is 0 Å². The van der Waals surface area contributed by atoms with E-state index in [1.165, 1.54) is 0 Å². The van der Waals surface area contributed by atoms with Gasteiger partial charge in [0.2, 0.25) is 0 Å². The summed E-state index contributed by atoms with van der Waals surface area (Å²) in [5.74, 6) is 0. The molecule has 0 saturated carbocycles. The standard InChI is InChI=1S/C24H52O4Si3/c1-22(2,3)29(10,11)26-18-20-21(28-31(14,15)24(7,8)9)19(16-17-25-20)27-30(12,13)23(4,5)6/h16-17,19-21H,18H2,1-15H3/t19-,20-,21-/m1/s1. The summed E-state index contributed by atoms with van der Waals surface area (Å²) in [6, 6.07) is 0. The Morgan fingerprint density at radius 2 is 1.10 bits per heavy atom. The molecule has 0 aromatic heterocycles. The molecule has 1 aliphatic rings. The van der Waals surface area contributed by atoms with Crippen molar-refractivity contribution in [1.82, 2.24) is 0 Å². The predicted molar refractivity (Wildman–Crippen MR) is 141 cm³/mol. The monoisotopic (exact) mass is 488 g/mol. The van der Waals surface area contributed by atoms with Crippen molar-refractivity contribution in [2.75, 3.05) is 6.61 Å². The van der Waals surface area contributed by atoms with E-state index in [0.717, 1.165) is 0 Å². The average Bonchev–Trinajstić information content (AvgIpc) is 2.51. The van der Waals surface area contributed by atoms with Crippen LogP contribution in [0.4, 0.5) is 0 Å². The summed E-state index contributed by atoms with van der Waals surface area (Å²) < 4.78 is 26.6. The third-order valence-corrected chi connectivity index (χ3v) is 21.5. The minimum Gasteiger partial charge on any atom is -0.493 e. The highest BCUT2D eigenvalue weighted by Crippen LogP contribution is 2.42. The lowest BCUT2D eigenvalue weighted by Crippen LogP contribution is -2.57. The van der Waals surface area contributed by atoms with Gasteiger partial charge in [-0.3, -0.25) is 0 Å². The molecule has 1 rings (SSSR count). The van der Waals surface area contributed by atoms with Gasteiger partial charge in [-0.05, 0) is 60.5 Å². The van der Waals surface area contributed by atoms with Gasteiger partial charge in [-0.25, -0.2) is 0 Å². The Balaban J connectivity index is 3.23. The molecule has 0 aliphatic carbocycles. The van der Waals surface area contributed by atoms with E-state index in [-0.39, 0.29) is 33.4 Å². The molecule has 184 valence electrons. The van der Waals surface area contributed by atoms with Gasteiger partial charge < -0.3 is 18.0 Å². The van der Waals surface area contributed by atoms with Gasteiger partial charge in [-0.2, -0.15) is 0 Å². The summed E-state index contributed by atoms with van der Waals surface area (Å²) in [5, 5.41) is 0.401. The molecule has 1 aliphatic heterocycles. The molecule has 0 radical (unpaired) electrons. The molecule has 0 saturated heterocycles. The molecule has 4 nitrogen and oxygen atoms in total. The van der Waals surface area contributed by atoms with E-state index in [1.807, 2.05) is 6.26 Å². The molecule has 1 heterocycles. The van der Waals surface area contributed by atoms with Gasteiger partial charge in [-0.15, -0.1) is 0 Å². The Morgan fingerprint density at radius 3 is 1.52 bits per heavy atom. The molecule has 0 spiro atoms. The molecule has 31 heavy (non-hydrogen) atoms. The van der Waals surface area contributed by atoms with E-state index in [4.69, 9.17) is 18.0 Å². The third kappa shape index (κ3) is 7.27. The molecular weight excluding hydrogens is 437 g/mol. The summed E-state index contributed by atoms with van der Waals surface area (Å²) in [5.41, 5.74) is 0. The third-order valence-electron chi connectivity index (χ3n) is 8.10. The second-order valence-corrected chi connectivity index (χ2v) is 28.1. The van der Waals surface area contributed by atoms with Crippen LogP contribution in [0.1, 0.15) is 62.3 Å². The zero-order valence-corrected chi connectivity index (χ0v) is 26.2. The van der Waals surface area contributed by atoms with Gasteiger partial charge in [0.15, 0.2) is 25.0 Å². The van der Waals surface area contributed by atoms with E-state index < -0.39 is 25.0 Å². The Morgan fingerprint density at radius 1 is 0.677 bits per heavy atom. The summed E-state index contributed by atoms with van der Waals surface area (Å²) >= 11 is 0. The van der Waals surface area contributed by atoms with Crippen LogP contribution in [-0.2, 0) is 18.0 Å². The van der Waals surface area contributed by atoms with Crippen molar-refractivity contribution in [3.05, 3.63) is 12.3 Å². The van der Waals surface area contributed by atoms with Crippen molar-refractivity contribution in [3.63, 3.8) is 0 Å². The fourth-order valence-electron chi connectivity index (χ4n) is 2.55. The lowest BCUT2D eigenvalue weighted by Gasteiger charge is -2.47. The summed E-state index contributed by atoms with van der Waals surface area (Å²) in [6.45, 7) is 34.8. The van der Waals surface area contributed by atoms with Gasteiger partial charge >= 0.3 is 0 Å². The van der Waals surface area contributed by atoms with Crippen molar-refractivity contribution in [2.45, 2.75) is 135 Å². The van der Waals surface area contributed by atoms with Gasteiger partial charge in [-0.1, -0.05) is 62.3 Å². The van der Waals surface area contributed by atoms with Crippen LogP contribution in [0.15, 0.2) is 12.3 Å². The zero-order valence-electron chi connectivity index (χ0n) is 23.2. The molecule has 0 N–H and O–H groups in total. The van der Waals surface area contributed by atoms with E-state index in [0.29, 0.717) is 6.61 Å². The van der Waals surface area contributed by atoms with Crippen molar-refractivity contribution < 1.29 is 18.0 Å². The summed E-state index contributed by atoms with van der Waals surface area (Å²) in [4.78, 5) is 0. The largest absolute Gasteiger partial charge is 0.493 e. The van der Waals surface area contributed by atoms with Crippen LogP contribution in [0.25, 0.3) is 0 Å². The number of hydrogen-bond acceptors (Lipinski definition) is 4. The molecule has 7 heteroatoms. The average molecular weight is 489 g/mol. The predicted octanol–water partition coefficient (Wildman–Crippen LogP) is 7.70. The maximum atomic E-state index is 6.97. The quantitative estimate of drug-likeness (QED) is 0.344. The van der Waals surface area contributed by atoms with Crippen LogP contribution in [0.2, 0.25) is 54.4 Å². The van der Waals surface area contributed by atoms with E-state index >= 15 is 0 Å². The molecular formula is C24H52O4Si3. The van der Waals surface area contributed by atoms with Crippen molar-refractivity contribution in [3.8, 4) is 0 Å². The van der Waals surface area contributed by atoms with Crippen molar-refractivity contribution in [2.24, 2.45) is 0 Å². The molecule has 3 atom stereocenters. The SMILES string of the molecule is CC(C)(C)[Si](C)(C)OC[C@H]1OC=C[C@@H](O[Si](C)(C)C(C)(C)C)[C@H]1O[Si](C)(C)C(C)(C)C. The Bertz CT molecular complexity index is 622. The van der Waals surface area contributed by atoms with Crippen LogP contribution in [-0.4, -0.2) is 49.9 Å². The maximum Gasteiger partial charge on any atom is 0.193 e. The van der Waals surface area contributed by atoms with Crippen LogP contribution < -0.4 is 0 Å². The second-order valence-electron chi connectivity index (χ2n) is 13.8. The first kappa shape index (κ1) is 29.1. The van der Waals surface area contributed by atoms with E-state index in [9.17, 15) is 0 Å². The first-order chi connectivity index (χ1) is 13.5. The molecule has 0 fully saturated rings. The molecule has 0 aromatic rings. The van der Waals surface area contributed by atoms with Crippen LogP contribution in [0.3, 0.4) is 0 Å². The first-order valence-electron chi connectivity index (χ1n) is 11.8. The van der Waals surface area contributed by atoms with Crippen LogP contribution >= 0.6 is 0 Å². The minimum atomic E-state index is -2.03. The van der Waals surface area contributed by atoms with Crippen LogP contribution in [0, 0.1) is 0 Å². The first-order valence-corrected chi connectivity index (χ1v) is 20.6. The Labute approximate surface area is 196 Å². The van der Waals surface area contributed by atoms with Gasteiger partial charge in [0.05, 0.1) is 19.0 Å². The van der Waals surface area contributed by atoms with Crippen molar-refractivity contribution >= 4 is 25.0 Å². The summed E-state index contributed by atoms with van der Waals surface area (Å²) in [7, 11) is -5.90. The summed E-state index contributed by atoms with van der Waals surface area (Å²) in [6.07, 6.45) is 3.42. The Hall–Kier alpha value is 0.0706. The maximum absolute atomic E-state index is 6.97. The highest BCUT2D eigenvalue weighted by Gasteiger charge is 2.48. The fraction of sp³-hybridized carbons (Fsp3) is 0.917. The molecule has 0 unspecified atom stereocenters. The smallest absolute Gasteiger partial charge is 0.193 e. The zero-order chi connectivity index (χ0) is 24.7. The van der Waals surface area contributed by atoms with Crippen molar-refractivity contribution in [1.29, 1.82) is 0 Å². The molecule has 0 aromatic carbocycles. The topological polar surface area (TPSA) is 36.9 Å². The van der Waals surface area contributed by atoms with E-state index in [2.05, 4.69) is 108 Å². The number of hydrogen-bond donors (Lipinski definition) is 0. The van der Waals surface area contributed by atoms with Gasteiger partial charge in [0, 0.05) is 0 Å². The minimum absolute atomic E-state index is 0.112. The lowest BCUT2D eigenvalue weighted by atomic mass is 10.1. The second kappa shape index (κ2) is 9.37. The lowest BCUT2D eigenvalue weighted by molar-refractivity contribution is -0.0680. The Kier molecular flexibility index (Phi) is 8.80. The number of ether oxygens (including phenoxy) is 1. The van der Waals surface area contributed by atoms with Gasteiger partial charge in [0.1, 0.15) is 12.2 Å². The number of rotatable bonds is 7.